The zero-order chi connectivity index (χ0) is 13.1. The summed E-state index contributed by atoms with van der Waals surface area (Å²) < 4.78 is 5.74. The number of rotatable bonds is 3. The van der Waals surface area contributed by atoms with E-state index in [4.69, 9.17) is 22.1 Å². The van der Waals surface area contributed by atoms with Crippen LogP contribution in [0.1, 0.15) is 16.8 Å². The van der Waals surface area contributed by atoms with Crippen LogP contribution in [0.25, 0.3) is 0 Å². The van der Waals surface area contributed by atoms with E-state index in [1.807, 2.05) is 44.2 Å². The molecule has 0 radical (unpaired) electrons. The lowest BCUT2D eigenvalue weighted by Crippen LogP contribution is -2.02. The van der Waals surface area contributed by atoms with Crippen LogP contribution in [-0.4, -0.2) is 4.98 Å². The summed E-state index contributed by atoms with van der Waals surface area (Å²) in [7, 11) is 0. The molecular formula is C14H15ClN2O. The second-order valence-corrected chi connectivity index (χ2v) is 4.56. The lowest BCUT2D eigenvalue weighted by atomic mass is 10.2. The maximum absolute atomic E-state index is 6.13. The van der Waals surface area contributed by atoms with E-state index in [1.165, 1.54) is 0 Å². The summed E-state index contributed by atoms with van der Waals surface area (Å²) in [5.41, 5.74) is 8.49. The van der Waals surface area contributed by atoms with E-state index >= 15 is 0 Å². The van der Waals surface area contributed by atoms with Gasteiger partial charge in [0.15, 0.2) is 0 Å². The van der Waals surface area contributed by atoms with Gasteiger partial charge in [0.25, 0.3) is 0 Å². The van der Waals surface area contributed by atoms with Crippen LogP contribution in [0.3, 0.4) is 0 Å². The number of hydrogen-bond acceptors (Lipinski definition) is 3. The minimum atomic E-state index is 0.381. The van der Waals surface area contributed by atoms with Gasteiger partial charge in [-0.25, -0.2) is 4.98 Å². The number of aromatic nitrogens is 1. The number of pyridine rings is 1. The van der Waals surface area contributed by atoms with E-state index in [0.717, 1.165) is 16.8 Å². The second kappa shape index (κ2) is 5.38. The quantitative estimate of drug-likeness (QED) is 0.919. The van der Waals surface area contributed by atoms with Crippen molar-refractivity contribution < 1.29 is 4.74 Å². The Balaban J connectivity index is 2.36. The molecule has 2 N–H and O–H groups in total. The first-order chi connectivity index (χ1) is 8.60. The van der Waals surface area contributed by atoms with Crippen molar-refractivity contribution in [1.82, 2.24) is 4.98 Å². The molecule has 18 heavy (non-hydrogen) atoms. The first kappa shape index (κ1) is 12.9. The highest BCUT2D eigenvalue weighted by atomic mass is 35.5. The molecule has 0 unspecified atom stereocenters. The summed E-state index contributed by atoms with van der Waals surface area (Å²) in [6.07, 6.45) is 0. The fourth-order valence-electron chi connectivity index (χ4n) is 1.60. The summed E-state index contributed by atoms with van der Waals surface area (Å²) >= 11 is 6.13. The van der Waals surface area contributed by atoms with Gasteiger partial charge in [0, 0.05) is 17.8 Å². The van der Waals surface area contributed by atoms with Gasteiger partial charge >= 0.3 is 0 Å². The normalized spacial score (nSPS) is 10.4. The minimum absolute atomic E-state index is 0.381. The number of hydrogen-bond donors (Lipinski definition) is 1. The highest BCUT2D eigenvalue weighted by Crippen LogP contribution is 2.30. The van der Waals surface area contributed by atoms with E-state index in [2.05, 4.69) is 4.98 Å². The molecule has 3 nitrogen and oxygen atoms in total. The Bertz CT molecular complexity index is 570. The van der Waals surface area contributed by atoms with Crippen LogP contribution in [0, 0.1) is 13.8 Å². The number of nitrogens with zero attached hydrogens (tertiary/aromatic N) is 1. The smallest absolute Gasteiger partial charge is 0.224 e. The summed E-state index contributed by atoms with van der Waals surface area (Å²) in [6.45, 7) is 4.27. The number of benzene rings is 1. The van der Waals surface area contributed by atoms with Crippen LogP contribution in [0.4, 0.5) is 0 Å². The van der Waals surface area contributed by atoms with Crippen molar-refractivity contribution in [2.24, 2.45) is 5.73 Å². The summed E-state index contributed by atoms with van der Waals surface area (Å²) in [4.78, 5) is 4.34. The van der Waals surface area contributed by atoms with Gasteiger partial charge in [-0.1, -0.05) is 23.7 Å². The van der Waals surface area contributed by atoms with Gasteiger partial charge in [-0.3, -0.25) is 0 Å². The number of ether oxygens (including phenoxy) is 1. The molecule has 0 aliphatic carbocycles. The van der Waals surface area contributed by atoms with Crippen LogP contribution >= 0.6 is 11.6 Å². The molecule has 2 aromatic rings. The topological polar surface area (TPSA) is 48.1 Å². The predicted molar refractivity (Wildman–Crippen MR) is 73.1 cm³/mol. The fraction of sp³-hybridized carbons (Fsp3) is 0.214. The van der Waals surface area contributed by atoms with Crippen LogP contribution in [0.5, 0.6) is 11.6 Å². The molecule has 0 spiro atoms. The minimum Gasteiger partial charge on any atom is -0.437 e. The third-order valence-corrected chi connectivity index (χ3v) is 2.89. The molecule has 1 aromatic carbocycles. The van der Waals surface area contributed by atoms with Gasteiger partial charge in [0.05, 0.1) is 5.02 Å². The van der Waals surface area contributed by atoms with E-state index < -0.39 is 0 Å². The maximum atomic E-state index is 6.13. The Morgan fingerprint density at radius 1 is 1.22 bits per heavy atom. The number of aryl methyl sites for hydroxylation is 2. The molecular weight excluding hydrogens is 248 g/mol. The summed E-state index contributed by atoms with van der Waals surface area (Å²) in [5, 5.41) is 0.571. The molecule has 1 heterocycles. The van der Waals surface area contributed by atoms with Crippen LogP contribution in [-0.2, 0) is 6.54 Å². The SMILES string of the molecule is Cc1ccc(Oc2nc(C)ccc2CN)c(Cl)c1. The molecule has 1 aromatic heterocycles. The van der Waals surface area contributed by atoms with E-state index in [-0.39, 0.29) is 0 Å². The van der Waals surface area contributed by atoms with Crippen LogP contribution < -0.4 is 10.5 Å². The fourth-order valence-corrected chi connectivity index (χ4v) is 1.87. The van der Waals surface area contributed by atoms with Crippen molar-refractivity contribution in [1.29, 1.82) is 0 Å². The first-order valence-electron chi connectivity index (χ1n) is 5.70. The molecule has 0 fully saturated rings. The van der Waals surface area contributed by atoms with Crippen molar-refractivity contribution >= 4 is 11.6 Å². The van der Waals surface area contributed by atoms with Crippen molar-refractivity contribution in [2.75, 3.05) is 0 Å². The standard InChI is InChI=1S/C14H15ClN2O/c1-9-3-6-13(12(15)7-9)18-14-11(8-16)5-4-10(2)17-14/h3-7H,8,16H2,1-2H3. The lowest BCUT2D eigenvalue weighted by molar-refractivity contribution is 0.455. The largest absolute Gasteiger partial charge is 0.437 e. The zero-order valence-corrected chi connectivity index (χ0v) is 11.2. The van der Waals surface area contributed by atoms with E-state index in [9.17, 15) is 0 Å². The molecule has 0 bridgehead atoms. The van der Waals surface area contributed by atoms with Gasteiger partial charge < -0.3 is 10.5 Å². The average Bonchev–Trinajstić information content (AvgIpc) is 2.33. The van der Waals surface area contributed by atoms with Gasteiger partial charge in [-0.15, -0.1) is 0 Å². The molecule has 4 heteroatoms. The molecule has 0 aliphatic rings. The van der Waals surface area contributed by atoms with Crippen molar-refractivity contribution in [2.45, 2.75) is 20.4 Å². The molecule has 0 saturated carbocycles. The maximum Gasteiger partial charge on any atom is 0.224 e. The van der Waals surface area contributed by atoms with Gasteiger partial charge in [-0.05, 0) is 37.6 Å². The monoisotopic (exact) mass is 262 g/mol. The van der Waals surface area contributed by atoms with Gasteiger partial charge in [0.1, 0.15) is 5.75 Å². The second-order valence-electron chi connectivity index (χ2n) is 4.16. The molecule has 0 aliphatic heterocycles. The molecule has 0 saturated heterocycles. The molecule has 94 valence electrons. The summed E-state index contributed by atoms with van der Waals surface area (Å²) in [6, 6.07) is 9.46. The average molecular weight is 263 g/mol. The van der Waals surface area contributed by atoms with Crippen LogP contribution in [0.15, 0.2) is 30.3 Å². The predicted octanol–water partition coefficient (Wildman–Crippen LogP) is 3.60. The zero-order valence-electron chi connectivity index (χ0n) is 10.4. The van der Waals surface area contributed by atoms with Gasteiger partial charge in [-0.2, -0.15) is 0 Å². The van der Waals surface area contributed by atoms with E-state index in [0.29, 0.717) is 23.2 Å². The lowest BCUT2D eigenvalue weighted by Gasteiger charge is -2.11. The number of nitrogens with two attached hydrogens (primary N) is 1. The first-order valence-corrected chi connectivity index (χ1v) is 6.08. The Kier molecular flexibility index (Phi) is 3.84. The molecule has 2 rings (SSSR count). The van der Waals surface area contributed by atoms with Crippen LogP contribution in [0.2, 0.25) is 5.02 Å². The highest BCUT2D eigenvalue weighted by molar-refractivity contribution is 6.32. The van der Waals surface area contributed by atoms with Gasteiger partial charge in [0.2, 0.25) is 5.88 Å². The van der Waals surface area contributed by atoms with Crippen molar-refractivity contribution in [3.05, 3.63) is 52.2 Å². The highest BCUT2D eigenvalue weighted by Gasteiger charge is 2.08. The Hall–Kier alpha value is -1.58. The Morgan fingerprint density at radius 2 is 2.00 bits per heavy atom. The third-order valence-electron chi connectivity index (χ3n) is 2.59. The Labute approximate surface area is 112 Å². The summed E-state index contributed by atoms with van der Waals surface area (Å²) in [5.74, 6) is 1.11. The molecule has 0 amide bonds. The number of halogens is 1. The third kappa shape index (κ3) is 2.81. The van der Waals surface area contributed by atoms with E-state index in [1.54, 1.807) is 0 Å². The molecule has 0 atom stereocenters. The Morgan fingerprint density at radius 3 is 2.67 bits per heavy atom. The van der Waals surface area contributed by atoms with Crippen molar-refractivity contribution in [3.63, 3.8) is 0 Å². The van der Waals surface area contributed by atoms with Crippen molar-refractivity contribution in [3.8, 4) is 11.6 Å².